The Labute approximate surface area is 222 Å². The zero-order valence-corrected chi connectivity index (χ0v) is 21.9. The Morgan fingerprint density at radius 3 is 2.46 bits per heavy atom. The Morgan fingerprint density at radius 2 is 1.87 bits per heavy atom. The zero-order chi connectivity index (χ0) is 28.7. The fourth-order valence-corrected chi connectivity index (χ4v) is 5.73. The number of carbonyl (C=O) groups excluding carboxylic acids is 3. The molecule has 0 bridgehead atoms. The van der Waals surface area contributed by atoms with E-state index in [0.29, 0.717) is 12.1 Å². The number of benzene rings is 2. The van der Waals surface area contributed by atoms with Gasteiger partial charge in [-0.1, -0.05) is 19.1 Å². The maximum absolute atomic E-state index is 15.0. The van der Waals surface area contributed by atoms with Gasteiger partial charge in [0, 0.05) is 42.8 Å². The molecule has 8 nitrogen and oxygen atoms in total. The minimum Gasteiger partial charge on any atom is -0.356 e. The number of sulfone groups is 1. The third kappa shape index (κ3) is 6.23. The van der Waals surface area contributed by atoms with Crippen molar-refractivity contribution in [3.05, 3.63) is 65.0 Å². The minimum absolute atomic E-state index is 0.0576. The fraction of sp³-hybridized carbons (Fsp3) is 0.423. The normalized spacial score (nSPS) is 22.5. The van der Waals surface area contributed by atoms with Crippen molar-refractivity contribution < 1.29 is 40.4 Å². The molecule has 2 aromatic carbocycles. The summed E-state index contributed by atoms with van der Waals surface area (Å²) in [4.78, 5) is 40.0. The smallest absolute Gasteiger partial charge is 0.356 e. The molecule has 0 radical (unpaired) electrons. The lowest BCUT2D eigenvalue weighted by molar-refractivity contribution is -0.137. The molecule has 0 aromatic heterocycles. The van der Waals surface area contributed by atoms with Crippen LogP contribution in [-0.2, 0) is 25.6 Å². The van der Waals surface area contributed by atoms with E-state index in [4.69, 9.17) is 0 Å². The third-order valence-corrected chi connectivity index (χ3v) is 8.13. The lowest BCUT2D eigenvalue weighted by Crippen LogP contribution is -2.48. The van der Waals surface area contributed by atoms with E-state index < -0.39 is 57.2 Å². The Bertz CT molecular complexity index is 1410. The van der Waals surface area contributed by atoms with Gasteiger partial charge in [-0.15, -0.1) is 0 Å². The monoisotopic (exact) mass is 569 g/mol. The topological polar surface area (TPSA) is 113 Å². The maximum Gasteiger partial charge on any atom is 0.416 e. The van der Waals surface area contributed by atoms with E-state index in [0.717, 1.165) is 12.3 Å². The molecule has 2 aliphatic heterocycles. The number of amides is 3. The SMILES string of the molecule is C[C@@H]1C[C@H](C(=O)NC(c2ccc(C(F)(F)F)cc2F)C2CNC(=O)C2)N(C(=O)c2cccc(S(C)(=O)=O)c2)C1. The van der Waals surface area contributed by atoms with Crippen LogP contribution in [0.2, 0.25) is 0 Å². The average molecular weight is 570 g/mol. The number of halogens is 4. The molecule has 13 heteroatoms. The first kappa shape index (κ1) is 28.5. The molecule has 3 amide bonds. The Balaban J connectivity index is 1.62. The molecule has 2 heterocycles. The standard InChI is InChI=1S/C26H27F4N3O5S/c1-14-8-21(33(13-14)25(36)15-4-3-5-18(9-15)39(2,37)38)24(35)32-23(16-10-22(34)31-12-16)19-7-6-17(11-20(19)27)26(28,29)30/h3-7,9,11,14,16,21,23H,8,10,12-13H2,1-2H3,(H,31,34)(H,32,35)/t14-,16?,21-,23?/m1/s1. The lowest BCUT2D eigenvalue weighted by Gasteiger charge is -2.29. The van der Waals surface area contributed by atoms with Crippen molar-refractivity contribution >= 4 is 27.6 Å². The van der Waals surface area contributed by atoms with Crippen LogP contribution in [0.4, 0.5) is 17.6 Å². The van der Waals surface area contributed by atoms with Crippen LogP contribution < -0.4 is 10.6 Å². The molecule has 210 valence electrons. The molecular formula is C26H27F4N3O5S. The Morgan fingerprint density at radius 1 is 1.15 bits per heavy atom. The van der Waals surface area contributed by atoms with Crippen molar-refractivity contribution in [2.24, 2.45) is 11.8 Å². The minimum atomic E-state index is -4.77. The summed E-state index contributed by atoms with van der Waals surface area (Å²) in [7, 11) is -3.59. The number of hydrogen-bond acceptors (Lipinski definition) is 5. The van der Waals surface area contributed by atoms with Crippen molar-refractivity contribution in [2.45, 2.75) is 42.9 Å². The molecule has 4 atom stereocenters. The second kappa shape index (κ2) is 10.6. The molecule has 2 N–H and O–H groups in total. The number of rotatable bonds is 6. The summed E-state index contributed by atoms with van der Waals surface area (Å²) in [5.74, 6) is -3.49. The molecule has 0 aliphatic carbocycles. The maximum atomic E-state index is 15.0. The predicted octanol–water partition coefficient (Wildman–Crippen LogP) is 3.09. The van der Waals surface area contributed by atoms with E-state index in [1.807, 2.05) is 6.92 Å². The van der Waals surface area contributed by atoms with Gasteiger partial charge in [-0.3, -0.25) is 14.4 Å². The highest BCUT2D eigenvalue weighted by Crippen LogP contribution is 2.35. The van der Waals surface area contributed by atoms with Gasteiger partial charge in [0.1, 0.15) is 11.9 Å². The third-order valence-electron chi connectivity index (χ3n) is 7.02. The van der Waals surface area contributed by atoms with Crippen molar-refractivity contribution in [1.29, 1.82) is 0 Å². The van der Waals surface area contributed by atoms with E-state index in [2.05, 4.69) is 10.6 Å². The van der Waals surface area contributed by atoms with Crippen LogP contribution in [0.15, 0.2) is 47.4 Å². The molecular weight excluding hydrogens is 542 g/mol. The van der Waals surface area contributed by atoms with Gasteiger partial charge in [-0.05, 0) is 42.7 Å². The first-order valence-corrected chi connectivity index (χ1v) is 14.1. The summed E-state index contributed by atoms with van der Waals surface area (Å²) in [6.07, 6.45) is -3.58. The second-order valence-corrected chi connectivity index (χ2v) is 12.1. The summed E-state index contributed by atoms with van der Waals surface area (Å²) in [6.45, 7) is 2.10. The molecule has 2 fully saturated rings. The summed E-state index contributed by atoms with van der Waals surface area (Å²) in [6, 6.07) is 5.30. The Kier molecular flexibility index (Phi) is 7.75. The Hall–Kier alpha value is -3.48. The van der Waals surface area contributed by atoms with Gasteiger partial charge in [-0.25, -0.2) is 12.8 Å². The molecule has 39 heavy (non-hydrogen) atoms. The molecule has 2 aliphatic rings. The zero-order valence-electron chi connectivity index (χ0n) is 21.1. The van der Waals surface area contributed by atoms with Gasteiger partial charge in [0.05, 0.1) is 16.5 Å². The molecule has 0 spiro atoms. The van der Waals surface area contributed by atoms with Crippen LogP contribution in [0.1, 0.15) is 47.3 Å². The highest BCUT2D eigenvalue weighted by atomic mass is 32.2. The van der Waals surface area contributed by atoms with E-state index in [1.165, 1.54) is 29.2 Å². The van der Waals surface area contributed by atoms with Crippen LogP contribution in [0.25, 0.3) is 0 Å². The summed E-state index contributed by atoms with van der Waals surface area (Å²) in [5.41, 5.74) is -1.32. The molecule has 2 saturated heterocycles. The second-order valence-electron chi connectivity index (χ2n) is 10.1. The van der Waals surface area contributed by atoms with Crippen molar-refractivity contribution in [2.75, 3.05) is 19.3 Å². The van der Waals surface area contributed by atoms with Gasteiger partial charge in [-0.2, -0.15) is 13.2 Å². The highest BCUT2D eigenvalue weighted by Gasteiger charge is 2.41. The molecule has 2 aromatic rings. The largest absolute Gasteiger partial charge is 0.416 e. The van der Waals surface area contributed by atoms with Crippen molar-refractivity contribution in [3.63, 3.8) is 0 Å². The summed E-state index contributed by atoms with van der Waals surface area (Å²) in [5, 5.41) is 5.27. The number of likely N-dealkylation sites (tertiary alicyclic amines) is 1. The number of alkyl halides is 3. The average Bonchev–Trinajstić information content (AvgIpc) is 3.46. The van der Waals surface area contributed by atoms with Crippen molar-refractivity contribution in [3.8, 4) is 0 Å². The van der Waals surface area contributed by atoms with Crippen LogP contribution in [-0.4, -0.2) is 56.4 Å². The van der Waals surface area contributed by atoms with Crippen LogP contribution in [0.5, 0.6) is 0 Å². The lowest BCUT2D eigenvalue weighted by atomic mass is 9.90. The first-order chi connectivity index (χ1) is 18.1. The van der Waals surface area contributed by atoms with Crippen LogP contribution >= 0.6 is 0 Å². The van der Waals surface area contributed by atoms with E-state index in [-0.39, 0.29) is 53.8 Å². The summed E-state index contributed by atoms with van der Waals surface area (Å²) >= 11 is 0. The van der Waals surface area contributed by atoms with Crippen molar-refractivity contribution in [1.82, 2.24) is 15.5 Å². The molecule has 0 saturated carbocycles. The van der Waals surface area contributed by atoms with Gasteiger partial charge < -0.3 is 15.5 Å². The van der Waals surface area contributed by atoms with Gasteiger partial charge in [0.2, 0.25) is 11.8 Å². The molecule has 2 unspecified atom stereocenters. The van der Waals surface area contributed by atoms with Gasteiger partial charge in [0.25, 0.3) is 5.91 Å². The first-order valence-electron chi connectivity index (χ1n) is 12.2. The van der Waals surface area contributed by atoms with E-state index >= 15 is 0 Å². The number of nitrogens with one attached hydrogen (secondary N) is 2. The number of nitrogens with zero attached hydrogens (tertiary/aromatic N) is 1. The van der Waals surface area contributed by atoms with Gasteiger partial charge in [0.15, 0.2) is 9.84 Å². The van der Waals surface area contributed by atoms with Gasteiger partial charge >= 0.3 is 6.18 Å². The van der Waals surface area contributed by atoms with Crippen LogP contribution in [0, 0.1) is 17.7 Å². The fourth-order valence-electron chi connectivity index (χ4n) is 5.06. The predicted molar refractivity (Wildman–Crippen MR) is 132 cm³/mol. The highest BCUT2D eigenvalue weighted by molar-refractivity contribution is 7.90. The summed E-state index contributed by atoms with van der Waals surface area (Å²) < 4.78 is 78.1. The number of hydrogen-bond donors (Lipinski definition) is 2. The molecule has 4 rings (SSSR count). The van der Waals surface area contributed by atoms with E-state index in [1.54, 1.807) is 0 Å². The number of carbonyl (C=O) groups is 3. The quantitative estimate of drug-likeness (QED) is 0.520. The van der Waals surface area contributed by atoms with Crippen LogP contribution in [0.3, 0.4) is 0 Å². The van der Waals surface area contributed by atoms with E-state index in [9.17, 15) is 40.4 Å².